The normalized spacial score (nSPS) is 20.8. The van der Waals surface area contributed by atoms with Gasteiger partial charge in [-0.2, -0.15) is 5.10 Å². The van der Waals surface area contributed by atoms with E-state index in [9.17, 15) is 24.0 Å². The van der Waals surface area contributed by atoms with Crippen molar-refractivity contribution in [3.63, 3.8) is 0 Å². The minimum Gasteiger partial charge on any atom is -0.483 e. The van der Waals surface area contributed by atoms with Crippen LogP contribution in [0.5, 0.6) is 17.2 Å². The van der Waals surface area contributed by atoms with Crippen molar-refractivity contribution in [1.29, 1.82) is 0 Å². The number of fused-ring (bicyclic) bond motifs is 3. The smallest absolute Gasteiger partial charge is 0.262 e. The Bertz CT molecular complexity index is 2610. The molecule has 0 bridgehead atoms. The van der Waals surface area contributed by atoms with Gasteiger partial charge in [0.2, 0.25) is 17.7 Å². The lowest BCUT2D eigenvalue weighted by atomic mass is 9.83. The third-order valence-corrected chi connectivity index (χ3v) is 12.6. The van der Waals surface area contributed by atoms with Crippen molar-refractivity contribution in [3.05, 3.63) is 89.7 Å². The third kappa shape index (κ3) is 7.30. The van der Waals surface area contributed by atoms with Gasteiger partial charge in [-0.3, -0.25) is 39.1 Å². The van der Waals surface area contributed by atoms with E-state index in [1.807, 2.05) is 59.3 Å². The van der Waals surface area contributed by atoms with E-state index >= 15 is 0 Å². The van der Waals surface area contributed by atoms with Crippen LogP contribution in [0.2, 0.25) is 0 Å². The third-order valence-electron chi connectivity index (χ3n) is 12.6. The molecule has 7 heterocycles. The highest BCUT2D eigenvalue weighted by Crippen LogP contribution is 2.42. The molecule has 5 amide bonds. The van der Waals surface area contributed by atoms with Gasteiger partial charge in [0.05, 0.1) is 55.3 Å². The molecule has 10 rings (SSSR count). The molecule has 5 aliphatic heterocycles. The number of hydrogen-bond donors (Lipinski definition) is 2. The molecule has 2 aromatic heterocycles. The second-order valence-electron chi connectivity index (χ2n) is 16.6. The van der Waals surface area contributed by atoms with Crippen LogP contribution in [0.15, 0.2) is 73.1 Å². The van der Waals surface area contributed by atoms with E-state index in [0.29, 0.717) is 68.7 Å². The SMILES string of the molecule is Nc1ncnc2c1c(-c1ccc(Oc3ccccc3)cc1)nn2[C@@H]1CCCN(CCOCCC(=O)N2CC3(CCc4cc5c(cc4O3)C(=O)N(C3CCC(=O)NC3=O)C5=O)C2)C1. The number of para-hydroxylation sites is 1. The maximum Gasteiger partial charge on any atom is 0.262 e. The Morgan fingerprint density at radius 2 is 1.69 bits per heavy atom. The van der Waals surface area contributed by atoms with Gasteiger partial charge in [0.15, 0.2) is 5.65 Å². The molecule has 0 saturated carbocycles. The number of rotatable bonds is 11. The number of benzene rings is 3. The number of carbonyl (C=O) groups excluding carboxylic acids is 5. The molecule has 2 atom stereocenters. The first-order valence-electron chi connectivity index (χ1n) is 21.1. The van der Waals surface area contributed by atoms with Crippen LogP contribution >= 0.6 is 0 Å². The van der Waals surface area contributed by atoms with Crippen LogP contribution in [-0.4, -0.2) is 122 Å². The zero-order valence-corrected chi connectivity index (χ0v) is 34.0. The summed E-state index contributed by atoms with van der Waals surface area (Å²) in [6.07, 6.45) is 5.06. The number of imide groups is 2. The second kappa shape index (κ2) is 16.0. The van der Waals surface area contributed by atoms with Gasteiger partial charge in [0.1, 0.15) is 46.7 Å². The van der Waals surface area contributed by atoms with Crippen molar-refractivity contribution >= 4 is 46.4 Å². The predicted molar refractivity (Wildman–Crippen MR) is 223 cm³/mol. The van der Waals surface area contributed by atoms with E-state index in [-0.39, 0.29) is 42.3 Å². The molecule has 1 unspecified atom stereocenters. The van der Waals surface area contributed by atoms with Crippen LogP contribution in [0.1, 0.15) is 70.8 Å². The van der Waals surface area contributed by atoms with Gasteiger partial charge >= 0.3 is 0 Å². The first-order chi connectivity index (χ1) is 30.1. The summed E-state index contributed by atoms with van der Waals surface area (Å²) in [5.74, 6) is 0.149. The van der Waals surface area contributed by atoms with E-state index < -0.39 is 35.3 Å². The van der Waals surface area contributed by atoms with Crippen molar-refractivity contribution < 1.29 is 38.2 Å². The van der Waals surface area contributed by atoms with Crippen LogP contribution in [-0.2, 0) is 25.5 Å². The molecule has 1 spiro atoms. The number of piperidine rings is 2. The number of nitrogen functional groups attached to an aromatic ring is 1. The van der Waals surface area contributed by atoms with Gasteiger partial charge in [-0.1, -0.05) is 18.2 Å². The number of amides is 5. The van der Waals surface area contributed by atoms with Crippen molar-refractivity contribution in [1.82, 2.24) is 39.8 Å². The van der Waals surface area contributed by atoms with Gasteiger partial charge in [-0.15, -0.1) is 0 Å². The van der Waals surface area contributed by atoms with E-state index in [1.54, 1.807) is 17.0 Å². The molecule has 62 heavy (non-hydrogen) atoms. The first-order valence-corrected chi connectivity index (χ1v) is 21.1. The van der Waals surface area contributed by atoms with Crippen molar-refractivity contribution in [2.45, 2.75) is 62.6 Å². The monoisotopic (exact) mass is 839 g/mol. The van der Waals surface area contributed by atoms with E-state index in [2.05, 4.69) is 20.2 Å². The number of nitrogens with two attached hydrogens (primary N) is 1. The molecule has 17 heteroatoms. The average molecular weight is 840 g/mol. The number of nitrogens with one attached hydrogen (secondary N) is 1. The van der Waals surface area contributed by atoms with Crippen LogP contribution in [0.4, 0.5) is 5.82 Å². The second-order valence-corrected chi connectivity index (χ2v) is 16.6. The van der Waals surface area contributed by atoms with Gasteiger partial charge < -0.3 is 24.8 Å². The zero-order valence-electron chi connectivity index (χ0n) is 34.0. The summed E-state index contributed by atoms with van der Waals surface area (Å²) in [5, 5.41) is 8.02. The highest BCUT2D eigenvalue weighted by Gasteiger charge is 2.50. The molecule has 318 valence electrons. The Morgan fingerprint density at radius 1 is 0.919 bits per heavy atom. The fraction of sp³-hybridized carbons (Fsp3) is 0.378. The molecular formula is C45H45N9O8. The molecule has 17 nitrogen and oxygen atoms in total. The Hall–Kier alpha value is -6.72. The number of likely N-dealkylation sites (tertiary alicyclic amines) is 2. The number of hydrogen-bond acceptors (Lipinski definition) is 13. The number of nitrogens with zero attached hydrogens (tertiary/aromatic N) is 7. The predicted octanol–water partition coefficient (Wildman–Crippen LogP) is 3.92. The Balaban J connectivity index is 0.700. The van der Waals surface area contributed by atoms with Crippen LogP contribution in [0.3, 0.4) is 0 Å². The molecule has 3 fully saturated rings. The summed E-state index contributed by atoms with van der Waals surface area (Å²) in [6.45, 7) is 4.01. The molecule has 3 saturated heterocycles. The van der Waals surface area contributed by atoms with E-state index in [1.165, 1.54) is 6.33 Å². The van der Waals surface area contributed by atoms with Crippen molar-refractivity contribution in [2.75, 3.05) is 51.7 Å². The Labute approximate surface area is 356 Å². The molecule has 3 N–H and O–H groups in total. The van der Waals surface area contributed by atoms with Gasteiger partial charge in [-0.05, 0) is 92.7 Å². The topological polar surface area (TPSA) is 204 Å². The summed E-state index contributed by atoms with van der Waals surface area (Å²) < 4.78 is 20.4. The van der Waals surface area contributed by atoms with Crippen molar-refractivity contribution in [3.8, 4) is 28.5 Å². The number of aryl methyl sites for hydroxylation is 1. The number of carbonyl (C=O) groups is 5. The van der Waals surface area contributed by atoms with Gasteiger partial charge in [0, 0.05) is 25.1 Å². The number of aromatic nitrogens is 4. The lowest BCUT2D eigenvalue weighted by Crippen LogP contribution is -2.67. The molecular weight excluding hydrogens is 795 g/mol. The average Bonchev–Trinajstić information content (AvgIpc) is 3.77. The van der Waals surface area contributed by atoms with Crippen LogP contribution in [0, 0.1) is 0 Å². The van der Waals surface area contributed by atoms with Gasteiger partial charge in [-0.25, -0.2) is 14.6 Å². The molecule has 5 aromatic rings. The largest absolute Gasteiger partial charge is 0.483 e. The Morgan fingerprint density at radius 3 is 2.48 bits per heavy atom. The quantitative estimate of drug-likeness (QED) is 0.143. The van der Waals surface area contributed by atoms with Gasteiger partial charge in [0.25, 0.3) is 11.8 Å². The Kier molecular flexibility index (Phi) is 10.1. The van der Waals surface area contributed by atoms with Crippen molar-refractivity contribution in [2.24, 2.45) is 0 Å². The highest BCUT2D eigenvalue weighted by molar-refractivity contribution is 6.23. The van der Waals surface area contributed by atoms with E-state index in [4.69, 9.17) is 25.0 Å². The highest BCUT2D eigenvalue weighted by atomic mass is 16.5. The summed E-state index contributed by atoms with van der Waals surface area (Å²) in [6, 6.07) is 19.7. The van der Waals surface area contributed by atoms with Crippen LogP contribution in [0.25, 0.3) is 22.3 Å². The minimum absolute atomic E-state index is 0.0151. The molecule has 0 aliphatic carbocycles. The summed E-state index contributed by atoms with van der Waals surface area (Å²) >= 11 is 0. The lowest BCUT2D eigenvalue weighted by molar-refractivity contribution is -0.154. The molecule has 5 aliphatic rings. The summed E-state index contributed by atoms with van der Waals surface area (Å²) in [5.41, 5.74) is 9.37. The maximum atomic E-state index is 13.4. The number of anilines is 1. The number of ether oxygens (including phenoxy) is 3. The van der Waals surface area contributed by atoms with Crippen LogP contribution < -0.4 is 20.5 Å². The first kappa shape index (κ1) is 39.4. The lowest BCUT2D eigenvalue weighted by Gasteiger charge is -2.51. The maximum absolute atomic E-state index is 13.4. The molecule has 0 radical (unpaired) electrons. The summed E-state index contributed by atoms with van der Waals surface area (Å²) in [4.78, 5) is 77.9. The molecule has 3 aromatic carbocycles. The van der Waals surface area contributed by atoms with E-state index in [0.717, 1.165) is 58.8 Å². The minimum atomic E-state index is -1.03. The summed E-state index contributed by atoms with van der Waals surface area (Å²) in [7, 11) is 0. The fourth-order valence-electron chi connectivity index (χ4n) is 9.33. The fourth-order valence-corrected chi connectivity index (χ4v) is 9.33. The zero-order chi connectivity index (χ0) is 42.5. The standard InChI is InChI=1S/C45H45N9O8/c46-40-38-39(27-8-10-31(11-9-27)61-30-6-2-1-3-7-30)50-54(41(38)48-26-47-40)29-5-4-17-51(23-29)18-20-60-19-15-37(56)52-24-45(25-52)16-14-28-21-32-33(22-35(28)62-45)44(59)53(43(32)58)34-12-13-36(55)49-42(34)57/h1-3,6-11,21-22,26,29,34H,4-5,12-20,23-25H2,(H2,46,47,48)(H,49,55,57)/t29-,34?/m1/s1.